The van der Waals surface area contributed by atoms with E-state index < -0.39 is 5.97 Å². The molecular weight excluding hydrogens is 268 g/mol. The number of nitrogens with zero attached hydrogens (tertiary/aromatic N) is 1. The molecule has 114 valence electrons. The third-order valence-corrected chi connectivity index (χ3v) is 3.83. The first kappa shape index (κ1) is 15.4. The molecule has 0 unspecified atom stereocenters. The zero-order chi connectivity index (χ0) is 15.4. The van der Waals surface area contributed by atoms with Crippen molar-refractivity contribution in [3.8, 4) is 0 Å². The van der Waals surface area contributed by atoms with Gasteiger partial charge in [0.05, 0.1) is 6.42 Å². The van der Waals surface area contributed by atoms with Crippen molar-refractivity contribution in [2.45, 2.75) is 39.2 Å². The second kappa shape index (κ2) is 6.61. The summed E-state index contributed by atoms with van der Waals surface area (Å²) in [5.41, 5.74) is 3.92. The zero-order valence-electron chi connectivity index (χ0n) is 12.6. The standard InChI is InChI=1S/C16H22N2O3/c1-11(2)13-5-3-4-12-10-18(9-7-14(12)13)16(21)17-8-6-15(19)20/h3-5,11H,6-10H2,1-2H3,(H,17,21)(H,19,20). The Morgan fingerprint density at radius 2 is 2.14 bits per heavy atom. The van der Waals surface area contributed by atoms with E-state index in [1.807, 2.05) is 6.07 Å². The summed E-state index contributed by atoms with van der Waals surface area (Å²) in [6.45, 7) is 5.80. The van der Waals surface area contributed by atoms with Crippen LogP contribution in [-0.4, -0.2) is 35.1 Å². The number of aliphatic carboxylic acids is 1. The van der Waals surface area contributed by atoms with E-state index in [4.69, 9.17) is 5.11 Å². The van der Waals surface area contributed by atoms with Crippen LogP contribution in [0.15, 0.2) is 18.2 Å². The third-order valence-electron chi connectivity index (χ3n) is 3.83. The van der Waals surface area contributed by atoms with Gasteiger partial charge in [-0.1, -0.05) is 32.0 Å². The molecule has 2 rings (SSSR count). The number of fused-ring (bicyclic) bond motifs is 1. The lowest BCUT2D eigenvalue weighted by atomic mass is 9.89. The Balaban J connectivity index is 2.01. The summed E-state index contributed by atoms with van der Waals surface area (Å²) in [7, 11) is 0. The highest BCUT2D eigenvalue weighted by Crippen LogP contribution is 2.27. The molecule has 0 aromatic heterocycles. The average molecular weight is 290 g/mol. The van der Waals surface area contributed by atoms with Gasteiger partial charge in [-0.2, -0.15) is 0 Å². The molecule has 1 aliphatic heterocycles. The maximum atomic E-state index is 12.0. The molecule has 0 atom stereocenters. The SMILES string of the molecule is CC(C)c1cccc2c1CCN(C(=O)NCCC(=O)O)C2. The number of carbonyl (C=O) groups excluding carboxylic acids is 1. The van der Waals surface area contributed by atoms with Gasteiger partial charge in [-0.25, -0.2) is 4.79 Å². The van der Waals surface area contributed by atoms with Crippen molar-refractivity contribution in [3.63, 3.8) is 0 Å². The summed E-state index contributed by atoms with van der Waals surface area (Å²) in [4.78, 5) is 24.2. The lowest BCUT2D eigenvalue weighted by molar-refractivity contribution is -0.136. The Kier molecular flexibility index (Phi) is 4.83. The number of hydrogen-bond donors (Lipinski definition) is 2. The molecule has 0 saturated heterocycles. The number of hydrogen-bond acceptors (Lipinski definition) is 2. The lowest BCUT2D eigenvalue weighted by Gasteiger charge is -2.31. The van der Waals surface area contributed by atoms with E-state index in [0.29, 0.717) is 19.0 Å². The fourth-order valence-corrected chi connectivity index (χ4v) is 2.74. The number of amides is 2. The molecule has 0 bridgehead atoms. The van der Waals surface area contributed by atoms with Gasteiger partial charge in [0.1, 0.15) is 0 Å². The minimum atomic E-state index is -0.902. The van der Waals surface area contributed by atoms with E-state index in [2.05, 4.69) is 31.3 Å². The topological polar surface area (TPSA) is 69.6 Å². The van der Waals surface area contributed by atoms with Crippen LogP contribution in [0.2, 0.25) is 0 Å². The van der Waals surface area contributed by atoms with E-state index in [-0.39, 0.29) is 19.0 Å². The van der Waals surface area contributed by atoms with Crippen molar-refractivity contribution in [1.82, 2.24) is 10.2 Å². The van der Waals surface area contributed by atoms with Gasteiger partial charge in [0.15, 0.2) is 0 Å². The summed E-state index contributed by atoms with van der Waals surface area (Å²) in [5.74, 6) is -0.420. The summed E-state index contributed by atoms with van der Waals surface area (Å²) in [6, 6.07) is 6.08. The van der Waals surface area contributed by atoms with Gasteiger partial charge in [0.2, 0.25) is 0 Å². The molecule has 5 nitrogen and oxygen atoms in total. The van der Waals surface area contributed by atoms with Crippen molar-refractivity contribution < 1.29 is 14.7 Å². The quantitative estimate of drug-likeness (QED) is 0.894. The van der Waals surface area contributed by atoms with E-state index in [0.717, 1.165) is 6.42 Å². The summed E-state index contributed by atoms with van der Waals surface area (Å²) >= 11 is 0. The van der Waals surface area contributed by atoms with Gasteiger partial charge < -0.3 is 15.3 Å². The number of carboxylic acid groups (broad SMARTS) is 1. The van der Waals surface area contributed by atoms with Crippen LogP contribution >= 0.6 is 0 Å². The summed E-state index contributed by atoms with van der Waals surface area (Å²) in [5, 5.41) is 11.2. The minimum Gasteiger partial charge on any atom is -0.481 e. The summed E-state index contributed by atoms with van der Waals surface area (Å²) in [6.07, 6.45) is 0.809. The highest BCUT2D eigenvalue weighted by Gasteiger charge is 2.22. The predicted molar refractivity (Wildman–Crippen MR) is 80.3 cm³/mol. The Hall–Kier alpha value is -2.04. The zero-order valence-corrected chi connectivity index (χ0v) is 12.6. The van der Waals surface area contributed by atoms with Crippen LogP contribution in [0.3, 0.4) is 0 Å². The fraction of sp³-hybridized carbons (Fsp3) is 0.500. The van der Waals surface area contributed by atoms with Crippen LogP contribution in [0, 0.1) is 0 Å². The van der Waals surface area contributed by atoms with Gasteiger partial charge in [0, 0.05) is 19.6 Å². The second-order valence-corrected chi connectivity index (χ2v) is 5.69. The van der Waals surface area contributed by atoms with E-state index in [9.17, 15) is 9.59 Å². The van der Waals surface area contributed by atoms with Crippen molar-refractivity contribution in [2.75, 3.05) is 13.1 Å². The molecule has 0 saturated carbocycles. The van der Waals surface area contributed by atoms with Crippen molar-refractivity contribution in [3.05, 3.63) is 34.9 Å². The van der Waals surface area contributed by atoms with E-state index in [1.165, 1.54) is 16.7 Å². The lowest BCUT2D eigenvalue weighted by Crippen LogP contribution is -2.43. The van der Waals surface area contributed by atoms with Crippen LogP contribution in [0.5, 0.6) is 0 Å². The highest BCUT2D eigenvalue weighted by atomic mass is 16.4. The molecule has 1 aromatic carbocycles. The van der Waals surface area contributed by atoms with E-state index >= 15 is 0 Å². The maximum absolute atomic E-state index is 12.0. The molecule has 1 aliphatic rings. The van der Waals surface area contributed by atoms with E-state index in [1.54, 1.807) is 4.90 Å². The molecule has 21 heavy (non-hydrogen) atoms. The van der Waals surface area contributed by atoms with Crippen LogP contribution < -0.4 is 5.32 Å². The van der Waals surface area contributed by atoms with Gasteiger partial charge in [0.25, 0.3) is 0 Å². The van der Waals surface area contributed by atoms with Gasteiger partial charge in [-0.05, 0) is 29.0 Å². The maximum Gasteiger partial charge on any atom is 0.317 e. The van der Waals surface area contributed by atoms with Crippen molar-refractivity contribution in [1.29, 1.82) is 0 Å². The molecule has 0 radical (unpaired) electrons. The average Bonchev–Trinajstić information content (AvgIpc) is 2.45. The number of nitrogens with one attached hydrogen (secondary N) is 1. The molecule has 5 heteroatoms. The molecule has 2 N–H and O–H groups in total. The first-order valence-corrected chi connectivity index (χ1v) is 7.34. The third kappa shape index (κ3) is 3.74. The van der Waals surface area contributed by atoms with Crippen LogP contribution in [-0.2, 0) is 17.8 Å². The smallest absolute Gasteiger partial charge is 0.317 e. The first-order chi connectivity index (χ1) is 9.99. The predicted octanol–water partition coefficient (Wildman–Crippen LogP) is 2.35. The number of urea groups is 1. The molecular formula is C16H22N2O3. The molecule has 1 aromatic rings. The number of rotatable bonds is 4. The van der Waals surface area contributed by atoms with Crippen LogP contribution in [0.1, 0.15) is 42.9 Å². The fourth-order valence-electron chi connectivity index (χ4n) is 2.74. The molecule has 0 aliphatic carbocycles. The molecule has 2 amide bonds. The van der Waals surface area contributed by atoms with Crippen molar-refractivity contribution >= 4 is 12.0 Å². The number of carbonyl (C=O) groups is 2. The largest absolute Gasteiger partial charge is 0.481 e. The van der Waals surface area contributed by atoms with Crippen LogP contribution in [0.4, 0.5) is 4.79 Å². The Morgan fingerprint density at radius 1 is 1.38 bits per heavy atom. The Labute approximate surface area is 125 Å². The minimum absolute atomic E-state index is 0.0480. The highest BCUT2D eigenvalue weighted by molar-refractivity contribution is 5.75. The molecule has 1 heterocycles. The molecule has 0 fully saturated rings. The Morgan fingerprint density at radius 3 is 2.81 bits per heavy atom. The molecule has 0 spiro atoms. The first-order valence-electron chi connectivity index (χ1n) is 7.34. The summed E-state index contributed by atoms with van der Waals surface area (Å²) < 4.78 is 0. The van der Waals surface area contributed by atoms with Crippen molar-refractivity contribution in [2.24, 2.45) is 0 Å². The number of benzene rings is 1. The Bertz CT molecular complexity index is 540. The van der Waals surface area contributed by atoms with Gasteiger partial charge in [-0.3, -0.25) is 4.79 Å². The van der Waals surface area contributed by atoms with Crippen LogP contribution in [0.25, 0.3) is 0 Å². The normalized spacial score (nSPS) is 14.0. The van der Waals surface area contributed by atoms with Gasteiger partial charge in [-0.15, -0.1) is 0 Å². The number of carboxylic acids is 1. The second-order valence-electron chi connectivity index (χ2n) is 5.69. The monoisotopic (exact) mass is 290 g/mol. The van der Waals surface area contributed by atoms with Gasteiger partial charge >= 0.3 is 12.0 Å².